The van der Waals surface area contributed by atoms with Gasteiger partial charge in [0.1, 0.15) is 0 Å². The molecule has 1 rings (SSSR count). The Labute approximate surface area is 70.4 Å². The van der Waals surface area contributed by atoms with Gasteiger partial charge in [-0.1, -0.05) is 19.8 Å². The minimum absolute atomic E-state index is 0.309. The molecule has 0 radical (unpaired) electrons. The van der Waals surface area contributed by atoms with Gasteiger partial charge in [-0.25, -0.2) is 0 Å². The third kappa shape index (κ3) is 1.40. The first-order valence-electron chi connectivity index (χ1n) is 4.19. The van der Waals surface area contributed by atoms with E-state index >= 15 is 0 Å². The molecular weight excluding hydrogens is 156 g/mol. The summed E-state index contributed by atoms with van der Waals surface area (Å²) in [5.74, 6) is -0.309. The average molecular weight is 168 g/mol. The van der Waals surface area contributed by atoms with Crippen molar-refractivity contribution in [2.75, 3.05) is 0 Å². The van der Waals surface area contributed by atoms with Crippen LogP contribution in [-0.4, -0.2) is 5.11 Å². The Kier molecular flexibility index (Phi) is 2.63. The lowest BCUT2D eigenvalue weighted by Crippen LogP contribution is -2.34. The van der Waals surface area contributed by atoms with Crippen molar-refractivity contribution in [3.8, 4) is 5.75 Å². The van der Waals surface area contributed by atoms with Crippen molar-refractivity contribution in [3.05, 3.63) is 26.0 Å². The van der Waals surface area contributed by atoms with Crippen LogP contribution in [0.4, 0.5) is 0 Å². The maximum Gasteiger partial charge on any atom is 0.267 e. The number of aromatic hydroxyl groups is 1. The topological polar surface area (TPSA) is 54.4 Å². The molecule has 0 aliphatic heterocycles. The highest BCUT2D eigenvalue weighted by Gasteiger charge is 2.18. The Morgan fingerprint density at radius 2 is 1.83 bits per heavy atom. The smallest absolute Gasteiger partial charge is 0.267 e. The minimum Gasteiger partial charge on any atom is -0.504 e. The van der Waals surface area contributed by atoms with Gasteiger partial charge in [0, 0.05) is 5.56 Å². The van der Waals surface area contributed by atoms with Crippen molar-refractivity contribution >= 4 is 0 Å². The van der Waals surface area contributed by atoms with Crippen molar-refractivity contribution in [3.63, 3.8) is 0 Å². The number of hydrogen-bond donors (Lipinski definition) is 1. The average Bonchev–Trinajstić information content (AvgIpc) is 2.11. The van der Waals surface area contributed by atoms with E-state index in [0.29, 0.717) is 12.0 Å². The lowest BCUT2D eigenvalue weighted by Gasteiger charge is -2.03. The van der Waals surface area contributed by atoms with Gasteiger partial charge in [-0.3, -0.25) is 9.59 Å². The molecule has 0 fully saturated rings. The summed E-state index contributed by atoms with van der Waals surface area (Å²) in [6.07, 6.45) is 3.51. The first-order chi connectivity index (χ1) is 5.68. The molecule has 3 nitrogen and oxygen atoms in total. The van der Waals surface area contributed by atoms with Crippen LogP contribution in [0.1, 0.15) is 31.7 Å². The van der Waals surface area contributed by atoms with Crippen molar-refractivity contribution < 1.29 is 5.11 Å². The zero-order chi connectivity index (χ0) is 9.14. The summed E-state index contributed by atoms with van der Waals surface area (Å²) in [7, 11) is 0. The van der Waals surface area contributed by atoms with E-state index in [4.69, 9.17) is 5.11 Å². The minimum atomic E-state index is -0.721. The van der Waals surface area contributed by atoms with Gasteiger partial charge in [0.15, 0.2) is 5.75 Å². The largest absolute Gasteiger partial charge is 0.504 e. The van der Waals surface area contributed by atoms with Gasteiger partial charge in [-0.05, 0) is 12.8 Å². The SMILES string of the molecule is CCCCCc1c(O)c(=O)c1=O. The highest BCUT2D eigenvalue weighted by atomic mass is 16.3. The maximum atomic E-state index is 10.8. The molecule has 1 N–H and O–H groups in total. The standard InChI is InChI=1S/C9H12O3/c1-2-3-4-5-6-7(10)9(12)8(6)11/h10H,2-5H2,1H3. The van der Waals surface area contributed by atoms with E-state index in [0.717, 1.165) is 19.3 Å². The van der Waals surface area contributed by atoms with Crippen LogP contribution in [0.2, 0.25) is 0 Å². The summed E-state index contributed by atoms with van der Waals surface area (Å²) in [5, 5.41) is 8.96. The summed E-state index contributed by atoms with van der Waals surface area (Å²) < 4.78 is 0. The van der Waals surface area contributed by atoms with Crippen molar-refractivity contribution in [2.24, 2.45) is 0 Å². The highest BCUT2D eigenvalue weighted by Crippen LogP contribution is 2.11. The predicted octanol–water partition coefficient (Wildman–Crippen LogP) is 0.721. The zero-order valence-corrected chi connectivity index (χ0v) is 7.09. The van der Waals surface area contributed by atoms with Crippen LogP contribution in [0.3, 0.4) is 0 Å². The molecule has 0 saturated heterocycles. The molecule has 0 heterocycles. The number of rotatable bonds is 4. The molecule has 0 bridgehead atoms. The molecule has 12 heavy (non-hydrogen) atoms. The monoisotopic (exact) mass is 168 g/mol. The fourth-order valence-corrected chi connectivity index (χ4v) is 1.21. The van der Waals surface area contributed by atoms with Crippen molar-refractivity contribution in [2.45, 2.75) is 32.6 Å². The number of hydrogen-bond acceptors (Lipinski definition) is 3. The second-order valence-corrected chi connectivity index (χ2v) is 2.94. The van der Waals surface area contributed by atoms with Crippen LogP contribution in [-0.2, 0) is 6.42 Å². The van der Waals surface area contributed by atoms with Gasteiger partial charge in [0.05, 0.1) is 0 Å². The van der Waals surface area contributed by atoms with Crippen molar-refractivity contribution in [1.29, 1.82) is 0 Å². The second kappa shape index (κ2) is 3.52. The van der Waals surface area contributed by atoms with Gasteiger partial charge in [0.2, 0.25) is 5.43 Å². The first-order valence-corrected chi connectivity index (χ1v) is 4.19. The van der Waals surface area contributed by atoms with Gasteiger partial charge < -0.3 is 5.11 Å². The van der Waals surface area contributed by atoms with Crippen LogP contribution in [0.15, 0.2) is 9.59 Å². The van der Waals surface area contributed by atoms with Crippen LogP contribution in [0, 0.1) is 0 Å². The van der Waals surface area contributed by atoms with Crippen LogP contribution in [0.5, 0.6) is 5.75 Å². The third-order valence-electron chi connectivity index (χ3n) is 2.01. The Balaban J connectivity index is 2.55. The van der Waals surface area contributed by atoms with Crippen molar-refractivity contribution in [1.82, 2.24) is 0 Å². The fraction of sp³-hybridized carbons (Fsp3) is 0.556. The predicted molar refractivity (Wildman–Crippen MR) is 46.2 cm³/mol. The molecule has 1 aromatic carbocycles. The van der Waals surface area contributed by atoms with E-state index in [-0.39, 0.29) is 5.75 Å². The Morgan fingerprint density at radius 3 is 2.33 bits per heavy atom. The molecule has 0 unspecified atom stereocenters. The fourth-order valence-electron chi connectivity index (χ4n) is 1.21. The quantitative estimate of drug-likeness (QED) is 0.532. The van der Waals surface area contributed by atoms with E-state index in [2.05, 4.69) is 6.92 Å². The first kappa shape index (κ1) is 8.97. The van der Waals surface area contributed by atoms with Gasteiger partial charge in [-0.2, -0.15) is 0 Å². The molecule has 0 aliphatic carbocycles. The van der Waals surface area contributed by atoms with E-state index in [1.165, 1.54) is 0 Å². The van der Waals surface area contributed by atoms with Gasteiger partial charge in [0.25, 0.3) is 5.43 Å². The maximum absolute atomic E-state index is 10.8. The summed E-state index contributed by atoms with van der Waals surface area (Å²) >= 11 is 0. The molecule has 0 aliphatic rings. The molecule has 3 heteroatoms. The van der Waals surface area contributed by atoms with E-state index in [1.807, 2.05) is 0 Å². The summed E-state index contributed by atoms with van der Waals surface area (Å²) in [5.41, 5.74) is -0.890. The number of unbranched alkanes of at least 4 members (excludes halogenated alkanes) is 2. The molecule has 0 atom stereocenters. The molecule has 0 spiro atoms. The highest BCUT2D eigenvalue weighted by molar-refractivity contribution is 5.37. The van der Waals surface area contributed by atoms with E-state index in [1.54, 1.807) is 0 Å². The zero-order valence-electron chi connectivity index (χ0n) is 7.09. The van der Waals surface area contributed by atoms with Crippen LogP contribution >= 0.6 is 0 Å². The molecule has 66 valence electrons. The summed E-state index contributed by atoms with van der Waals surface area (Å²) in [6.45, 7) is 2.06. The third-order valence-corrected chi connectivity index (χ3v) is 2.01. The Hall–Kier alpha value is -1.12. The molecule has 0 amide bonds. The molecule has 0 aromatic heterocycles. The lowest BCUT2D eigenvalue weighted by atomic mass is 10.0. The van der Waals surface area contributed by atoms with Crippen LogP contribution < -0.4 is 10.9 Å². The van der Waals surface area contributed by atoms with E-state index < -0.39 is 10.9 Å². The second-order valence-electron chi connectivity index (χ2n) is 2.94. The van der Waals surface area contributed by atoms with Gasteiger partial charge in [-0.15, -0.1) is 0 Å². The normalized spacial score (nSPS) is 10.8. The lowest BCUT2D eigenvalue weighted by molar-refractivity contribution is 0.451. The Morgan fingerprint density at radius 1 is 1.17 bits per heavy atom. The van der Waals surface area contributed by atoms with Crippen LogP contribution in [0.25, 0.3) is 0 Å². The van der Waals surface area contributed by atoms with Gasteiger partial charge >= 0.3 is 0 Å². The molecular formula is C9H12O3. The Bertz CT molecular complexity index is 331. The summed E-state index contributed by atoms with van der Waals surface area (Å²) in [6, 6.07) is 0. The van der Waals surface area contributed by atoms with E-state index in [9.17, 15) is 9.59 Å². The molecule has 0 saturated carbocycles. The molecule has 1 aromatic rings. The summed E-state index contributed by atoms with van der Waals surface area (Å²) in [4.78, 5) is 21.3.